The third-order valence-corrected chi connectivity index (χ3v) is 5.52. The van der Waals surface area contributed by atoms with Crippen LogP contribution in [-0.4, -0.2) is 110 Å². The van der Waals surface area contributed by atoms with Gasteiger partial charge in [0.15, 0.2) is 6.23 Å². The summed E-state index contributed by atoms with van der Waals surface area (Å²) < 4.78 is 11.0. The third-order valence-electron chi connectivity index (χ3n) is 5.52. The van der Waals surface area contributed by atoms with Gasteiger partial charge in [0.25, 0.3) is 0 Å². The van der Waals surface area contributed by atoms with Crippen LogP contribution < -0.4 is 10.1 Å². The highest BCUT2D eigenvalue weighted by Gasteiger charge is 2.46. The minimum Gasteiger partial charge on any atom is -0.497 e. The van der Waals surface area contributed by atoms with Crippen molar-refractivity contribution in [3.8, 4) is 5.75 Å². The van der Waals surface area contributed by atoms with Crippen LogP contribution in [0.2, 0.25) is 0 Å². The van der Waals surface area contributed by atoms with Crippen molar-refractivity contribution >= 4 is 24.4 Å². The fourth-order valence-corrected chi connectivity index (χ4v) is 3.60. The van der Waals surface area contributed by atoms with Crippen LogP contribution in [0, 0.1) is 0 Å². The lowest BCUT2D eigenvalue weighted by atomic mass is 10.1. The summed E-state index contributed by atoms with van der Waals surface area (Å²) in [6.45, 7) is 0.151. The minimum absolute atomic E-state index is 0.158. The quantitative estimate of drug-likeness (QED) is 0.499. The van der Waals surface area contributed by atoms with E-state index in [9.17, 15) is 15.0 Å². The van der Waals surface area contributed by atoms with Crippen molar-refractivity contribution < 1.29 is 24.5 Å². The SMILES string of the molecule is COc1ccc(CCC(=O)N[C@H]2[C@@H](O)[C@H](N3C=NCC(N(C)C)=N/C=N\C3)O[C@@H]2CO)cc1. The molecule has 1 fully saturated rings. The summed E-state index contributed by atoms with van der Waals surface area (Å²) in [5, 5.41) is 23.5. The predicted molar refractivity (Wildman–Crippen MR) is 125 cm³/mol. The Bertz CT molecular complexity index is 873. The van der Waals surface area contributed by atoms with Gasteiger partial charge in [0.05, 0.1) is 32.6 Å². The second kappa shape index (κ2) is 11.7. The molecule has 0 aromatic heterocycles. The van der Waals surface area contributed by atoms with Crippen molar-refractivity contribution in [1.29, 1.82) is 0 Å². The minimum atomic E-state index is -1.08. The lowest BCUT2D eigenvalue weighted by Crippen LogP contribution is -2.51. The summed E-state index contributed by atoms with van der Waals surface area (Å²) in [5.74, 6) is 1.25. The molecule has 0 unspecified atom stereocenters. The standard InChI is InChI=1S/C22H32N6O5/c1-27(2)18-10-23-13-28(14-24-12-25-18)22-21(31)20(17(11-29)33-22)26-19(30)9-6-15-4-7-16(32-3)8-5-15/h4-5,7-8,12-13,17,20-22,29,31H,6,9-11,14H2,1-3H3,(H,26,30)/b23-13?,24-12-,25-18?/t17-,20-,21-,22-/m1/s1. The molecule has 3 N–H and O–H groups in total. The largest absolute Gasteiger partial charge is 0.497 e. The van der Waals surface area contributed by atoms with Crippen LogP contribution in [-0.2, 0) is 16.0 Å². The zero-order valence-electron chi connectivity index (χ0n) is 19.2. The summed E-state index contributed by atoms with van der Waals surface area (Å²) >= 11 is 0. The first-order valence-corrected chi connectivity index (χ1v) is 10.8. The number of amidine groups is 1. The number of methoxy groups -OCH3 is 1. The van der Waals surface area contributed by atoms with Gasteiger partial charge in [0, 0.05) is 20.5 Å². The van der Waals surface area contributed by atoms with Gasteiger partial charge in [-0.05, 0) is 24.1 Å². The van der Waals surface area contributed by atoms with E-state index in [0.29, 0.717) is 13.0 Å². The molecule has 0 bridgehead atoms. The fraction of sp³-hybridized carbons (Fsp3) is 0.545. The summed E-state index contributed by atoms with van der Waals surface area (Å²) in [4.78, 5) is 28.9. The number of nitrogens with zero attached hydrogens (tertiary/aromatic N) is 5. The number of aliphatic imine (C=N–C) groups is 3. The van der Waals surface area contributed by atoms with Crippen LogP contribution in [0.5, 0.6) is 5.75 Å². The van der Waals surface area contributed by atoms with Crippen LogP contribution in [0.3, 0.4) is 0 Å². The van der Waals surface area contributed by atoms with Crippen molar-refractivity contribution in [3.05, 3.63) is 29.8 Å². The van der Waals surface area contributed by atoms with Crippen LogP contribution in [0.25, 0.3) is 0 Å². The van der Waals surface area contributed by atoms with Crippen molar-refractivity contribution in [1.82, 2.24) is 15.1 Å². The summed E-state index contributed by atoms with van der Waals surface area (Å²) in [5.41, 5.74) is 0.996. The number of rotatable bonds is 7. The molecule has 33 heavy (non-hydrogen) atoms. The van der Waals surface area contributed by atoms with E-state index in [1.165, 1.54) is 6.34 Å². The van der Waals surface area contributed by atoms with Gasteiger partial charge in [-0.2, -0.15) is 0 Å². The first-order chi connectivity index (χ1) is 15.9. The van der Waals surface area contributed by atoms with Gasteiger partial charge < -0.3 is 34.8 Å². The molecule has 2 heterocycles. The topological polar surface area (TPSA) is 132 Å². The van der Waals surface area contributed by atoms with Gasteiger partial charge in [-0.1, -0.05) is 12.1 Å². The maximum absolute atomic E-state index is 12.6. The molecule has 2 aliphatic heterocycles. The van der Waals surface area contributed by atoms with Crippen molar-refractivity contribution in [2.24, 2.45) is 15.0 Å². The van der Waals surface area contributed by atoms with Crippen LogP contribution in [0.4, 0.5) is 0 Å². The summed E-state index contributed by atoms with van der Waals surface area (Å²) in [7, 11) is 5.34. The predicted octanol–water partition coefficient (Wildman–Crippen LogP) is -0.519. The third kappa shape index (κ3) is 6.50. The first-order valence-electron chi connectivity index (χ1n) is 10.8. The van der Waals surface area contributed by atoms with E-state index in [2.05, 4.69) is 20.3 Å². The number of hydrogen-bond donors (Lipinski definition) is 3. The molecule has 0 aliphatic carbocycles. The number of benzene rings is 1. The highest BCUT2D eigenvalue weighted by Crippen LogP contribution is 2.24. The Morgan fingerprint density at radius 3 is 2.73 bits per heavy atom. The average Bonchev–Trinajstić information content (AvgIpc) is 3.18. The van der Waals surface area contributed by atoms with Crippen LogP contribution in [0.1, 0.15) is 12.0 Å². The molecule has 1 aromatic carbocycles. The molecule has 11 nitrogen and oxygen atoms in total. The number of hydrogen-bond acceptors (Lipinski definition) is 10. The first kappa shape index (κ1) is 24.6. The van der Waals surface area contributed by atoms with Crippen molar-refractivity contribution in [2.45, 2.75) is 37.3 Å². The van der Waals surface area contributed by atoms with Crippen molar-refractivity contribution in [2.75, 3.05) is 41.0 Å². The Kier molecular flexibility index (Phi) is 8.75. The molecule has 3 rings (SSSR count). The number of nitrogens with one attached hydrogen (secondary N) is 1. The average molecular weight is 461 g/mol. The Hall–Kier alpha value is -3.02. The number of carbonyl (C=O) groups is 1. The van der Waals surface area contributed by atoms with Crippen molar-refractivity contribution in [3.63, 3.8) is 0 Å². The van der Waals surface area contributed by atoms with E-state index in [1.54, 1.807) is 18.3 Å². The monoisotopic (exact) mass is 460 g/mol. The molecule has 0 saturated carbocycles. The number of likely N-dealkylation sites (N-methyl/N-ethyl adjacent to an activating group) is 1. The maximum Gasteiger partial charge on any atom is 0.220 e. The molecule has 11 heteroatoms. The van der Waals surface area contributed by atoms with E-state index in [-0.39, 0.29) is 25.6 Å². The Balaban J connectivity index is 1.59. The summed E-state index contributed by atoms with van der Waals surface area (Å²) in [6, 6.07) is 6.73. The highest BCUT2D eigenvalue weighted by atomic mass is 16.5. The Morgan fingerprint density at radius 2 is 2.06 bits per heavy atom. The van der Waals surface area contributed by atoms with Gasteiger partial charge in [0.2, 0.25) is 5.91 Å². The number of ether oxygens (including phenoxy) is 2. The van der Waals surface area contributed by atoms with E-state index < -0.39 is 24.5 Å². The second-order valence-corrected chi connectivity index (χ2v) is 8.03. The molecule has 0 spiro atoms. The van der Waals surface area contributed by atoms with Crippen LogP contribution in [0.15, 0.2) is 39.2 Å². The number of aliphatic hydroxyl groups excluding tert-OH is 2. The Morgan fingerprint density at radius 1 is 1.30 bits per heavy atom. The molecule has 180 valence electrons. The lowest BCUT2D eigenvalue weighted by Gasteiger charge is -2.27. The van der Waals surface area contributed by atoms with Gasteiger partial charge >= 0.3 is 0 Å². The van der Waals surface area contributed by atoms with Gasteiger partial charge in [-0.3, -0.25) is 14.8 Å². The zero-order valence-corrected chi connectivity index (χ0v) is 19.2. The molecule has 1 amide bonds. The molecule has 1 aromatic rings. The molecule has 4 atom stereocenters. The lowest BCUT2D eigenvalue weighted by molar-refractivity contribution is -0.122. The van der Waals surface area contributed by atoms with Gasteiger partial charge in [0.1, 0.15) is 36.8 Å². The number of aryl methyl sites for hydroxylation is 1. The highest BCUT2D eigenvalue weighted by molar-refractivity contribution is 5.91. The van der Waals surface area contributed by atoms with E-state index >= 15 is 0 Å². The fourth-order valence-electron chi connectivity index (χ4n) is 3.60. The number of amides is 1. The molecule has 2 aliphatic rings. The van der Waals surface area contributed by atoms with E-state index in [0.717, 1.165) is 17.1 Å². The molecular formula is C22H32N6O5. The Labute approximate surface area is 193 Å². The second-order valence-electron chi connectivity index (χ2n) is 8.03. The van der Waals surface area contributed by atoms with Gasteiger partial charge in [-0.25, -0.2) is 4.99 Å². The maximum atomic E-state index is 12.6. The smallest absolute Gasteiger partial charge is 0.220 e. The zero-order chi connectivity index (χ0) is 23.8. The van der Waals surface area contributed by atoms with Crippen LogP contribution >= 0.6 is 0 Å². The van der Waals surface area contributed by atoms with E-state index in [1.807, 2.05) is 43.3 Å². The molecule has 0 radical (unpaired) electrons. The number of aliphatic hydroxyl groups is 2. The summed E-state index contributed by atoms with van der Waals surface area (Å²) in [6.07, 6.45) is 1.11. The molecule has 1 saturated heterocycles. The number of carbonyl (C=O) groups excluding carboxylic acids is 1. The van der Waals surface area contributed by atoms with E-state index in [4.69, 9.17) is 9.47 Å². The molecular weight excluding hydrogens is 428 g/mol. The van der Waals surface area contributed by atoms with Gasteiger partial charge in [-0.15, -0.1) is 0 Å². The normalized spacial score (nSPS) is 26.1.